The van der Waals surface area contributed by atoms with E-state index in [-0.39, 0.29) is 17.7 Å². The molecule has 1 aliphatic carbocycles. The van der Waals surface area contributed by atoms with Crippen LogP contribution in [-0.2, 0) is 0 Å². The lowest BCUT2D eigenvalue weighted by atomic mass is 9.95. The SMILES string of the molecule is CN1C(=O)c2ccc(C(=O)N3CC4(CC4)C3)cc2C1=O. The normalized spacial score (nSPS) is 22.1. The molecule has 1 saturated heterocycles. The first-order chi connectivity index (χ1) is 9.51. The van der Waals surface area contributed by atoms with Crippen LogP contribution >= 0.6 is 0 Å². The van der Waals surface area contributed by atoms with Gasteiger partial charge < -0.3 is 4.90 Å². The van der Waals surface area contributed by atoms with Crippen molar-refractivity contribution in [2.24, 2.45) is 5.41 Å². The number of amides is 3. The molecule has 0 N–H and O–H groups in total. The molecule has 3 aliphatic rings. The van der Waals surface area contributed by atoms with Crippen molar-refractivity contribution < 1.29 is 14.4 Å². The third-order valence-corrected chi connectivity index (χ3v) is 4.63. The van der Waals surface area contributed by atoms with E-state index in [9.17, 15) is 14.4 Å². The van der Waals surface area contributed by atoms with Crippen LogP contribution in [0.15, 0.2) is 18.2 Å². The van der Waals surface area contributed by atoms with Crippen LogP contribution in [0, 0.1) is 5.41 Å². The predicted octanol–water partition coefficient (Wildman–Crippen LogP) is 1.15. The summed E-state index contributed by atoms with van der Waals surface area (Å²) in [6, 6.07) is 4.78. The van der Waals surface area contributed by atoms with Crippen LogP contribution in [0.3, 0.4) is 0 Å². The van der Waals surface area contributed by atoms with E-state index in [0.29, 0.717) is 22.1 Å². The summed E-state index contributed by atoms with van der Waals surface area (Å²) in [6.07, 6.45) is 2.44. The molecule has 5 heteroatoms. The Balaban J connectivity index is 1.63. The second-order valence-corrected chi connectivity index (χ2v) is 6.09. The van der Waals surface area contributed by atoms with Crippen LogP contribution in [-0.4, -0.2) is 47.7 Å². The van der Waals surface area contributed by atoms with E-state index in [1.807, 2.05) is 4.90 Å². The Morgan fingerprint density at radius 1 is 1.10 bits per heavy atom. The predicted molar refractivity (Wildman–Crippen MR) is 70.4 cm³/mol. The second kappa shape index (κ2) is 3.48. The fraction of sp³-hybridized carbons (Fsp3) is 0.400. The van der Waals surface area contributed by atoms with Crippen LogP contribution < -0.4 is 0 Å². The van der Waals surface area contributed by atoms with Gasteiger partial charge in [0, 0.05) is 31.1 Å². The van der Waals surface area contributed by atoms with E-state index < -0.39 is 0 Å². The Morgan fingerprint density at radius 2 is 1.75 bits per heavy atom. The molecule has 2 aliphatic heterocycles. The third kappa shape index (κ3) is 1.40. The highest BCUT2D eigenvalue weighted by atomic mass is 16.2. The minimum atomic E-state index is -0.332. The van der Waals surface area contributed by atoms with Crippen molar-refractivity contribution in [3.05, 3.63) is 34.9 Å². The highest BCUT2D eigenvalue weighted by Gasteiger charge is 2.53. The van der Waals surface area contributed by atoms with Gasteiger partial charge in [-0.25, -0.2) is 0 Å². The first-order valence-electron chi connectivity index (χ1n) is 6.77. The molecular formula is C15H14N2O3. The molecule has 20 heavy (non-hydrogen) atoms. The van der Waals surface area contributed by atoms with Crippen molar-refractivity contribution in [3.8, 4) is 0 Å². The van der Waals surface area contributed by atoms with Gasteiger partial charge in [0.05, 0.1) is 11.1 Å². The average Bonchev–Trinajstić information content (AvgIpc) is 3.19. The average molecular weight is 270 g/mol. The molecular weight excluding hydrogens is 256 g/mol. The minimum absolute atomic E-state index is 0.0415. The molecule has 0 aromatic heterocycles. The smallest absolute Gasteiger partial charge is 0.261 e. The molecule has 0 bridgehead atoms. The number of fused-ring (bicyclic) bond motifs is 1. The van der Waals surface area contributed by atoms with Crippen molar-refractivity contribution >= 4 is 17.7 Å². The summed E-state index contributed by atoms with van der Waals surface area (Å²) in [4.78, 5) is 39.0. The number of nitrogens with zero attached hydrogens (tertiary/aromatic N) is 2. The summed E-state index contributed by atoms with van der Waals surface area (Å²) in [7, 11) is 1.46. The quantitative estimate of drug-likeness (QED) is 0.719. The molecule has 0 atom stereocenters. The lowest BCUT2D eigenvalue weighted by molar-refractivity contribution is 0.0443. The topological polar surface area (TPSA) is 57.7 Å². The van der Waals surface area contributed by atoms with Gasteiger partial charge in [-0.1, -0.05) is 0 Å². The standard InChI is InChI=1S/C15H14N2O3/c1-16-13(19)10-3-2-9(6-11(10)14(16)20)12(18)17-7-15(8-17)4-5-15/h2-3,6H,4-5,7-8H2,1H3. The maximum atomic E-state index is 12.3. The summed E-state index contributed by atoms with van der Waals surface area (Å²) in [5.74, 6) is -0.674. The highest BCUT2D eigenvalue weighted by Crippen LogP contribution is 2.53. The van der Waals surface area contributed by atoms with Crippen LogP contribution in [0.5, 0.6) is 0 Å². The molecule has 2 fully saturated rings. The van der Waals surface area contributed by atoms with Gasteiger partial charge in [-0.2, -0.15) is 0 Å². The molecule has 2 heterocycles. The van der Waals surface area contributed by atoms with Gasteiger partial charge in [0.25, 0.3) is 17.7 Å². The van der Waals surface area contributed by atoms with E-state index in [1.54, 1.807) is 18.2 Å². The maximum Gasteiger partial charge on any atom is 0.261 e. The molecule has 1 saturated carbocycles. The van der Waals surface area contributed by atoms with E-state index >= 15 is 0 Å². The summed E-state index contributed by atoms with van der Waals surface area (Å²) in [5, 5.41) is 0. The first-order valence-corrected chi connectivity index (χ1v) is 6.77. The van der Waals surface area contributed by atoms with Crippen molar-refractivity contribution in [1.82, 2.24) is 9.80 Å². The second-order valence-electron chi connectivity index (χ2n) is 6.09. The van der Waals surface area contributed by atoms with Crippen molar-refractivity contribution in [2.75, 3.05) is 20.1 Å². The van der Waals surface area contributed by atoms with Gasteiger partial charge in [0.1, 0.15) is 0 Å². The van der Waals surface area contributed by atoms with E-state index in [1.165, 1.54) is 19.9 Å². The fourth-order valence-electron chi connectivity index (χ4n) is 3.08. The fourth-order valence-corrected chi connectivity index (χ4v) is 3.08. The summed E-state index contributed by atoms with van der Waals surface area (Å²) >= 11 is 0. The Bertz CT molecular complexity index is 668. The highest BCUT2D eigenvalue weighted by molar-refractivity contribution is 6.21. The summed E-state index contributed by atoms with van der Waals surface area (Å²) < 4.78 is 0. The van der Waals surface area contributed by atoms with E-state index in [4.69, 9.17) is 0 Å². The van der Waals surface area contributed by atoms with Crippen molar-refractivity contribution in [2.45, 2.75) is 12.8 Å². The van der Waals surface area contributed by atoms with Gasteiger partial charge in [-0.3, -0.25) is 19.3 Å². The van der Waals surface area contributed by atoms with Gasteiger partial charge in [-0.05, 0) is 31.0 Å². The molecule has 3 amide bonds. The number of imide groups is 1. The zero-order chi connectivity index (χ0) is 14.1. The lowest BCUT2D eigenvalue weighted by Crippen LogP contribution is -2.51. The summed E-state index contributed by atoms with van der Waals surface area (Å²) in [5.41, 5.74) is 1.63. The lowest BCUT2D eigenvalue weighted by Gasteiger charge is -2.40. The van der Waals surface area contributed by atoms with E-state index in [2.05, 4.69) is 0 Å². The Morgan fingerprint density at radius 3 is 2.40 bits per heavy atom. The maximum absolute atomic E-state index is 12.3. The van der Waals surface area contributed by atoms with Crippen LogP contribution in [0.2, 0.25) is 0 Å². The number of hydrogen-bond acceptors (Lipinski definition) is 3. The molecule has 4 rings (SSSR count). The Labute approximate surface area is 116 Å². The zero-order valence-electron chi connectivity index (χ0n) is 11.2. The molecule has 1 aromatic carbocycles. The number of rotatable bonds is 1. The molecule has 0 unspecified atom stereocenters. The molecule has 102 valence electrons. The molecule has 1 aromatic rings. The van der Waals surface area contributed by atoms with Gasteiger partial charge in [0.15, 0.2) is 0 Å². The zero-order valence-corrected chi connectivity index (χ0v) is 11.2. The Kier molecular flexibility index (Phi) is 2.02. The van der Waals surface area contributed by atoms with Crippen LogP contribution in [0.4, 0.5) is 0 Å². The number of benzene rings is 1. The largest absolute Gasteiger partial charge is 0.337 e. The van der Waals surface area contributed by atoms with Crippen LogP contribution in [0.1, 0.15) is 43.9 Å². The van der Waals surface area contributed by atoms with Gasteiger partial charge in [-0.15, -0.1) is 0 Å². The number of carbonyl (C=O) groups is 3. The van der Waals surface area contributed by atoms with Crippen molar-refractivity contribution in [3.63, 3.8) is 0 Å². The summed E-state index contributed by atoms with van der Waals surface area (Å²) in [6.45, 7) is 1.66. The van der Waals surface area contributed by atoms with Gasteiger partial charge >= 0.3 is 0 Å². The molecule has 1 spiro atoms. The number of hydrogen-bond donors (Lipinski definition) is 0. The molecule has 5 nitrogen and oxygen atoms in total. The van der Waals surface area contributed by atoms with Crippen molar-refractivity contribution in [1.29, 1.82) is 0 Å². The third-order valence-electron chi connectivity index (χ3n) is 4.63. The van der Waals surface area contributed by atoms with Gasteiger partial charge in [0.2, 0.25) is 0 Å². The monoisotopic (exact) mass is 270 g/mol. The Hall–Kier alpha value is -2.17. The number of likely N-dealkylation sites (tertiary alicyclic amines) is 1. The van der Waals surface area contributed by atoms with Crippen LogP contribution in [0.25, 0.3) is 0 Å². The first kappa shape index (κ1) is 11.6. The minimum Gasteiger partial charge on any atom is -0.337 e. The number of carbonyl (C=O) groups excluding carboxylic acids is 3. The van der Waals surface area contributed by atoms with E-state index in [0.717, 1.165) is 18.0 Å². The molecule has 0 radical (unpaired) electrons.